The zero-order valence-corrected chi connectivity index (χ0v) is 14.1. The predicted molar refractivity (Wildman–Crippen MR) is 91.1 cm³/mol. The first kappa shape index (κ1) is 16.9. The number of thioether (sulfide) groups is 1. The maximum absolute atomic E-state index is 12.3. The van der Waals surface area contributed by atoms with Gasteiger partial charge in [-0.2, -0.15) is 0 Å². The van der Waals surface area contributed by atoms with Gasteiger partial charge in [-0.25, -0.2) is 0 Å². The summed E-state index contributed by atoms with van der Waals surface area (Å²) < 4.78 is 0. The Labute approximate surface area is 136 Å². The monoisotopic (exact) mass is 320 g/mol. The first-order valence-electron chi connectivity index (χ1n) is 7.86. The van der Waals surface area contributed by atoms with E-state index in [0.29, 0.717) is 5.75 Å². The van der Waals surface area contributed by atoms with Crippen molar-refractivity contribution in [1.29, 1.82) is 0 Å². The van der Waals surface area contributed by atoms with Crippen LogP contribution in [0.5, 0.6) is 0 Å². The molecule has 2 amide bonds. The summed E-state index contributed by atoms with van der Waals surface area (Å²) in [5.41, 5.74) is 0.782. The molecule has 0 spiro atoms. The molecule has 22 heavy (non-hydrogen) atoms. The maximum Gasteiger partial charge on any atom is 0.232 e. The zero-order valence-electron chi connectivity index (χ0n) is 13.3. The number of hydrogen-bond acceptors (Lipinski definition) is 3. The third kappa shape index (κ3) is 5.72. The van der Waals surface area contributed by atoms with Crippen molar-refractivity contribution in [1.82, 2.24) is 4.90 Å². The number of hydrogen-bond donors (Lipinski definition) is 1. The van der Waals surface area contributed by atoms with Crippen LogP contribution in [0.1, 0.15) is 33.1 Å². The Balaban J connectivity index is 1.82. The SMILES string of the molecule is CCCN(CC1CC1)C(=O)CSc1ccc(NC(C)=O)cc1. The topological polar surface area (TPSA) is 49.4 Å². The smallest absolute Gasteiger partial charge is 0.232 e. The Morgan fingerprint density at radius 1 is 1.27 bits per heavy atom. The molecular formula is C17H24N2O2S. The molecule has 1 aliphatic carbocycles. The number of carbonyl (C=O) groups is 2. The van der Waals surface area contributed by atoms with Crippen LogP contribution in [0.4, 0.5) is 5.69 Å². The second kappa shape index (κ2) is 8.22. The summed E-state index contributed by atoms with van der Waals surface area (Å²) in [4.78, 5) is 26.4. The molecule has 0 atom stereocenters. The average molecular weight is 320 g/mol. The third-order valence-electron chi connectivity index (χ3n) is 3.56. The Morgan fingerprint density at radius 2 is 1.95 bits per heavy atom. The minimum Gasteiger partial charge on any atom is -0.342 e. The normalized spacial score (nSPS) is 13.7. The second-order valence-corrected chi connectivity index (χ2v) is 6.83. The van der Waals surface area contributed by atoms with Crippen molar-refractivity contribution in [2.75, 3.05) is 24.2 Å². The Kier molecular flexibility index (Phi) is 6.31. The zero-order chi connectivity index (χ0) is 15.9. The van der Waals surface area contributed by atoms with Crippen molar-refractivity contribution in [3.8, 4) is 0 Å². The van der Waals surface area contributed by atoms with E-state index in [1.54, 1.807) is 11.8 Å². The van der Waals surface area contributed by atoms with Crippen LogP contribution in [0.25, 0.3) is 0 Å². The molecular weight excluding hydrogens is 296 g/mol. The first-order chi connectivity index (χ1) is 10.6. The second-order valence-electron chi connectivity index (χ2n) is 5.78. The van der Waals surface area contributed by atoms with Gasteiger partial charge >= 0.3 is 0 Å². The molecule has 1 aliphatic rings. The van der Waals surface area contributed by atoms with Gasteiger partial charge < -0.3 is 10.2 Å². The van der Waals surface area contributed by atoms with Crippen molar-refractivity contribution in [3.63, 3.8) is 0 Å². The molecule has 1 aromatic rings. The van der Waals surface area contributed by atoms with Gasteiger partial charge in [0.15, 0.2) is 0 Å². The van der Waals surface area contributed by atoms with Crippen LogP contribution in [0, 0.1) is 5.92 Å². The summed E-state index contributed by atoms with van der Waals surface area (Å²) in [7, 11) is 0. The highest BCUT2D eigenvalue weighted by Gasteiger charge is 2.26. The largest absolute Gasteiger partial charge is 0.342 e. The van der Waals surface area contributed by atoms with Crippen LogP contribution in [0.3, 0.4) is 0 Å². The lowest BCUT2D eigenvalue weighted by Gasteiger charge is -2.21. The number of carbonyl (C=O) groups excluding carboxylic acids is 2. The molecule has 0 heterocycles. The van der Waals surface area contributed by atoms with Gasteiger partial charge in [-0.05, 0) is 49.4 Å². The summed E-state index contributed by atoms with van der Waals surface area (Å²) in [5.74, 6) is 1.36. The average Bonchev–Trinajstić information content (AvgIpc) is 3.29. The number of benzene rings is 1. The van der Waals surface area contributed by atoms with E-state index in [1.165, 1.54) is 19.8 Å². The number of anilines is 1. The molecule has 1 N–H and O–H groups in total. The van der Waals surface area contributed by atoms with Crippen molar-refractivity contribution in [2.45, 2.75) is 38.0 Å². The lowest BCUT2D eigenvalue weighted by molar-refractivity contribution is -0.128. The number of nitrogens with one attached hydrogen (secondary N) is 1. The molecule has 0 bridgehead atoms. The molecule has 0 unspecified atom stereocenters. The molecule has 5 heteroatoms. The molecule has 2 rings (SSSR count). The Morgan fingerprint density at radius 3 is 2.50 bits per heavy atom. The van der Waals surface area contributed by atoms with Gasteiger partial charge in [0.25, 0.3) is 0 Å². The first-order valence-corrected chi connectivity index (χ1v) is 8.85. The van der Waals surface area contributed by atoms with Gasteiger partial charge in [-0.3, -0.25) is 9.59 Å². The third-order valence-corrected chi connectivity index (χ3v) is 4.56. The summed E-state index contributed by atoms with van der Waals surface area (Å²) in [6.07, 6.45) is 3.55. The van der Waals surface area contributed by atoms with Crippen molar-refractivity contribution >= 4 is 29.3 Å². The van der Waals surface area contributed by atoms with E-state index in [0.717, 1.165) is 36.0 Å². The summed E-state index contributed by atoms with van der Waals surface area (Å²) in [6.45, 7) is 5.39. The van der Waals surface area contributed by atoms with Gasteiger partial charge in [-0.15, -0.1) is 11.8 Å². The number of rotatable bonds is 8. The molecule has 0 aliphatic heterocycles. The van der Waals surface area contributed by atoms with E-state index < -0.39 is 0 Å². The summed E-state index contributed by atoms with van der Waals surface area (Å²) in [6, 6.07) is 7.60. The van der Waals surface area contributed by atoms with Crippen LogP contribution in [0.15, 0.2) is 29.2 Å². The highest BCUT2D eigenvalue weighted by molar-refractivity contribution is 8.00. The van der Waals surface area contributed by atoms with Crippen LogP contribution in [0.2, 0.25) is 0 Å². The van der Waals surface area contributed by atoms with Gasteiger partial charge in [0.2, 0.25) is 11.8 Å². The maximum atomic E-state index is 12.3. The molecule has 0 radical (unpaired) electrons. The highest BCUT2D eigenvalue weighted by atomic mass is 32.2. The minimum absolute atomic E-state index is 0.0779. The van der Waals surface area contributed by atoms with E-state index >= 15 is 0 Å². The summed E-state index contributed by atoms with van der Waals surface area (Å²) >= 11 is 1.55. The quantitative estimate of drug-likeness (QED) is 0.747. The fraction of sp³-hybridized carbons (Fsp3) is 0.529. The van der Waals surface area contributed by atoms with E-state index in [4.69, 9.17) is 0 Å². The highest BCUT2D eigenvalue weighted by Crippen LogP contribution is 2.30. The lowest BCUT2D eigenvalue weighted by atomic mass is 10.3. The van der Waals surface area contributed by atoms with E-state index in [-0.39, 0.29) is 11.8 Å². The molecule has 1 saturated carbocycles. The minimum atomic E-state index is -0.0779. The Bertz CT molecular complexity index is 512. The molecule has 1 fully saturated rings. The van der Waals surface area contributed by atoms with Crippen LogP contribution >= 0.6 is 11.8 Å². The van der Waals surface area contributed by atoms with Crippen molar-refractivity contribution in [2.24, 2.45) is 5.92 Å². The lowest BCUT2D eigenvalue weighted by Crippen LogP contribution is -2.34. The molecule has 1 aromatic carbocycles. The van der Waals surface area contributed by atoms with Crippen LogP contribution in [-0.2, 0) is 9.59 Å². The number of amides is 2. The van der Waals surface area contributed by atoms with Crippen LogP contribution in [-0.4, -0.2) is 35.6 Å². The van der Waals surface area contributed by atoms with Gasteiger partial charge in [0.05, 0.1) is 5.75 Å². The summed E-state index contributed by atoms with van der Waals surface area (Å²) in [5, 5.41) is 2.74. The fourth-order valence-electron chi connectivity index (χ4n) is 2.27. The fourth-order valence-corrected chi connectivity index (χ4v) is 3.08. The standard InChI is InChI=1S/C17H24N2O2S/c1-3-10-19(11-14-4-5-14)17(21)12-22-16-8-6-15(7-9-16)18-13(2)20/h6-9,14H,3-5,10-12H2,1-2H3,(H,18,20). The van der Waals surface area contributed by atoms with Gasteiger partial charge in [0.1, 0.15) is 0 Å². The van der Waals surface area contributed by atoms with E-state index in [1.807, 2.05) is 29.2 Å². The van der Waals surface area contributed by atoms with Crippen molar-refractivity contribution in [3.05, 3.63) is 24.3 Å². The Hall–Kier alpha value is -1.49. The molecule has 4 nitrogen and oxygen atoms in total. The van der Waals surface area contributed by atoms with E-state index in [9.17, 15) is 9.59 Å². The van der Waals surface area contributed by atoms with Crippen LogP contribution < -0.4 is 5.32 Å². The molecule has 120 valence electrons. The van der Waals surface area contributed by atoms with Gasteiger partial charge in [-0.1, -0.05) is 6.92 Å². The van der Waals surface area contributed by atoms with Gasteiger partial charge in [0, 0.05) is 30.6 Å². The molecule has 0 saturated heterocycles. The predicted octanol–water partition coefficient (Wildman–Crippen LogP) is 3.39. The van der Waals surface area contributed by atoms with Crippen molar-refractivity contribution < 1.29 is 9.59 Å². The number of nitrogens with zero attached hydrogens (tertiary/aromatic N) is 1. The van der Waals surface area contributed by atoms with E-state index in [2.05, 4.69) is 12.2 Å². The molecule has 0 aromatic heterocycles.